The van der Waals surface area contributed by atoms with Crippen LogP contribution in [0, 0.1) is 13.8 Å². The number of nitrogens with zero attached hydrogens (tertiary/aromatic N) is 4. The van der Waals surface area contributed by atoms with Crippen LogP contribution in [0.25, 0.3) is 33.3 Å². The summed E-state index contributed by atoms with van der Waals surface area (Å²) in [5, 5.41) is 14.9. The number of aryl methyl sites for hydroxylation is 2. The number of fused-ring (bicyclic) bond motifs is 1. The molecular weight excluding hydrogens is 520 g/mol. The van der Waals surface area contributed by atoms with Crippen molar-refractivity contribution in [1.29, 1.82) is 0 Å². The molecule has 5 aromatic rings. The fourth-order valence-corrected chi connectivity index (χ4v) is 5.05. The lowest BCUT2D eigenvalue weighted by Gasteiger charge is -2.17. The summed E-state index contributed by atoms with van der Waals surface area (Å²) in [7, 11) is 0. The predicted molar refractivity (Wildman–Crippen MR) is 157 cm³/mol. The van der Waals surface area contributed by atoms with Gasteiger partial charge in [-0.05, 0) is 63.9 Å². The Balaban J connectivity index is 1.83. The number of hydrogen-bond acceptors (Lipinski definition) is 7. The van der Waals surface area contributed by atoms with Crippen molar-refractivity contribution in [3.8, 4) is 33.8 Å². The average molecular weight is 555 g/mol. The van der Waals surface area contributed by atoms with E-state index in [-0.39, 0.29) is 11.6 Å². The van der Waals surface area contributed by atoms with Gasteiger partial charge in [0.25, 0.3) is 0 Å². The molecule has 1 atom stereocenters. The molecule has 0 amide bonds. The van der Waals surface area contributed by atoms with Gasteiger partial charge in [-0.2, -0.15) is 0 Å². The maximum Gasteiger partial charge on any atom is 0.335 e. The first kappa shape index (κ1) is 27.9. The zero-order valence-electron chi connectivity index (χ0n) is 24.0. The summed E-state index contributed by atoms with van der Waals surface area (Å²) >= 11 is 0. The van der Waals surface area contributed by atoms with E-state index >= 15 is 0 Å². The van der Waals surface area contributed by atoms with E-state index in [0.717, 1.165) is 52.0 Å². The Morgan fingerprint density at radius 1 is 1.02 bits per heavy atom. The zero-order chi connectivity index (χ0) is 29.1. The first-order chi connectivity index (χ1) is 19.8. The van der Waals surface area contributed by atoms with Crippen molar-refractivity contribution in [3.05, 3.63) is 77.7 Å². The molecule has 212 valence electrons. The molecule has 0 bridgehead atoms. The van der Waals surface area contributed by atoms with E-state index < -0.39 is 5.97 Å². The Hall–Kier alpha value is -4.66. The Kier molecular flexibility index (Phi) is 8.05. The Morgan fingerprint density at radius 3 is 2.29 bits per heavy atom. The second kappa shape index (κ2) is 11.8. The van der Waals surface area contributed by atoms with Gasteiger partial charge in [0.15, 0.2) is 0 Å². The number of hydrogen-bond donors (Lipinski definition) is 1. The van der Waals surface area contributed by atoms with E-state index in [2.05, 4.69) is 27.7 Å². The summed E-state index contributed by atoms with van der Waals surface area (Å²) in [5.41, 5.74) is 5.78. The van der Waals surface area contributed by atoms with E-state index in [0.29, 0.717) is 36.0 Å². The van der Waals surface area contributed by atoms with Crippen molar-refractivity contribution < 1.29 is 23.9 Å². The highest BCUT2D eigenvalue weighted by Gasteiger charge is 2.25. The second-order valence-electron chi connectivity index (χ2n) is 10.0. The van der Waals surface area contributed by atoms with E-state index in [9.17, 15) is 9.90 Å². The van der Waals surface area contributed by atoms with Crippen LogP contribution in [-0.4, -0.2) is 44.0 Å². The predicted octanol–water partition coefficient (Wildman–Crippen LogP) is 7.26. The normalized spacial score (nSPS) is 12.0. The van der Waals surface area contributed by atoms with Crippen LogP contribution in [0.3, 0.4) is 0 Å². The van der Waals surface area contributed by atoms with Gasteiger partial charge in [0.2, 0.25) is 0 Å². The third-order valence-electron chi connectivity index (χ3n) is 7.03. The monoisotopic (exact) mass is 554 g/mol. The molecule has 5 rings (SSSR count). The minimum Gasteiger partial charge on any atom is -0.493 e. The molecule has 41 heavy (non-hydrogen) atoms. The average Bonchev–Trinajstić information content (AvgIpc) is 3.52. The number of benzene rings is 1. The van der Waals surface area contributed by atoms with Gasteiger partial charge in [-0.3, -0.25) is 4.98 Å². The van der Waals surface area contributed by atoms with Crippen LogP contribution in [-0.2, 0) is 0 Å². The molecule has 0 fully saturated rings. The molecule has 0 saturated heterocycles. The van der Waals surface area contributed by atoms with Crippen molar-refractivity contribution in [2.45, 2.75) is 53.5 Å². The molecule has 9 heteroatoms. The topological polar surface area (TPSA) is 113 Å². The molecule has 0 unspecified atom stereocenters. The number of carbonyl (C=O) groups is 1. The highest BCUT2D eigenvalue weighted by atomic mass is 16.5. The molecule has 0 spiro atoms. The lowest BCUT2D eigenvalue weighted by molar-refractivity contribution is 0.0695. The van der Waals surface area contributed by atoms with E-state index in [4.69, 9.17) is 19.0 Å². The van der Waals surface area contributed by atoms with Crippen molar-refractivity contribution in [2.75, 3.05) is 13.2 Å². The smallest absolute Gasteiger partial charge is 0.335 e. The fourth-order valence-electron chi connectivity index (χ4n) is 5.05. The van der Waals surface area contributed by atoms with Gasteiger partial charge in [0.1, 0.15) is 22.9 Å². The summed E-state index contributed by atoms with van der Waals surface area (Å²) in [6, 6.07) is 10.9. The lowest BCUT2D eigenvalue weighted by atomic mass is 9.98. The van der Waals surface area contributed by atoms with Gasteiger partial charge >= 0.3 is 5.97 Å². The Morgan fingerprint density at radius 2 is 1.73 bits per heavy atom. The molecule has 0 radical (unpaired) electrons. The van der Waals surface area contributed by atoms with Gasteiger partial charge in [-0.15, -0.1) is 0 Å². The lowest BCUT2D eigenvalue weighted by Crippen LogP contribution is -2.08. The van der Waals surface area contributed by atoms with Crippen LogP contribution >= 0.6 is 0 Å². The van der Waals surface area contributed by atoms with Crippen molar-refractivity contribution in [1.82, 2.24) is 19.7 Å². The standard InChI is InChI=1S/C32H34N4O5/c1-6-12-39-27-15-22(32(37)38)16-28(40-13-7-2)30(27)25-18-36(20(4)26-10-8-9-11-33-26)31-24(25)14-23(17-34-31)29-19(3)35-41-21(29)5/h8-11,14-18,20H,6-7,12-13H2,1-5H3,(H,37,38)/t20-/m0/s1. The van der Waals surface area contributed by atoms with Crippen molar-refractivity contribution in [2.24, 2.45) is 0 Å². The second-order valence-corrected chi connectivity index (χ2v) is 10.0. The van der Waals surface area contributed by atoms with E-state index in [1.54, 1.807) is 18.3 Å². The number of pyridine rings is 2. The maximum atomic E-state index is 12.1. The molecule has 0 aliphatic carbocycles. The molecule has 4 heterocycles. The van der Waals surface area contributed by atoms with Crippen LogP contribution in [0.2, 0.25) is 0 Å². The van der Waals surface area contributed by atoms with Crippen molar-refractivity contribution >= 4 is 17.0 Å². The van der Waals surface area contributed by atoms with Gasteiger partial charge in [-0.1, -0.05) is 25.1 Å². The third-order valence-corrected chi connectivity index (χ3v) is 7.03. The number of rotatable bonds is 11. The number of aromatic nitrogens is 4. The summed E-state index contributed by atoms with van der Waals surface area (Å²) in [6.07, 6.45) is 7.16. The molecule has 0 saturated carbocycles. The third kappa shape index (κ3) is 5.39. The quantitative estimate of drug-likeness (QED) is 0.182. The number of aromatic carboxylic acids is 1. The zero-order valence-corrected chi connectivity index (χ0v) is 24.0. The number of carboxylic acid groups (broad SMARTS) is 1. The molecule has 9 nitrogen and oxygen atoms in total. The molecule has 0 aliphatic heterocycles. The van der Waals surface area contributed by atoms with Crippen LogP contribution in [0.5, 0.6) is 11.5 Å². The highest BCUT2D eigenvalue weighted by molar-refractivity contribution is 6.01. The summed E-state index contributed by atoms with van der Waals surface area (Å²) in [5.74, 6) is 0.555. The van der Waals surface area contributed by atoms with E-state index in [1.807, 2.05) is 58.3 Å². The fraction of sp³-hybridized carbons (Fsp3) is 0.312. The summed E-state index contributed by atoms with van der Waals surface area (Å²) in [4.78, 5) is 21.6. The van der Waals surface area contributed by atoms with Crippen LogP contribution in [0.15, 0.2) is 59.5 Å². The maximum absolute atomic E-state index is 12.1. The molecule has 4 aromatic heterocycles. The van der Waals surface area contributed by atoms with Gasteiger partial charge in [-0.25, -0.2) is 9.78 Å². The number of carboxylic acids is 1. The largest absolute Gasteiger partial charge is 0.493 e. The van der Waals surface area contributed by atoms with Crippen molar-refractivity contribution in [3.63, 3.8) is 0 Å². The Labute approximate surface area is 238 Å². The molecule has 1 N–H and O–H groups in total. The molecular formula is C32H34N4O5. The van der Waals surface area contributed by atoms with Gasteiger partial charge in [0.05, 0.1) is 41.8 Å². The molecule has 1 aromatic carbocycles. The van der Waals surface area contributed by atoms with Crippen LogP contribution in [0.1, 0.15) is 67.2 Å². The minimum atomic E-state index is -1.05. The Bertz CT molecular complexity index is 1640. The van der Waals surface area contributed by atoms with Gasteiger partial charge in [0, 0.05) is 40.7 Å². The van der Waals surface area contributed by atoms with Crippen LogP contribution < -0.4 is 9.47 Å². The minimum absolute atomic E-state index is 0.103. The number of ether oxygens (including phenoxy) is 2. The highest BCUT2D eigenvalue weighted by Crippen LogP contribution is 2.45. The van der Waals surface area contributed by atoms with Crippen LogP contribution in [0.4, 0.5) is 0 Å². The van der Waals surface area contributed by atoms with Gasteiger partial charge < -0.3 is 23.7 Å². The first-order valence-corrected chi connectivity index (χ1v) is 13.9. The molecule has 0 aliphatic rings. The summed E-state index contributed by atoms with van der Waals surface area (Å²) in [6.45, 7) is 10.7. The first-order valence-electron chi connectivity index (χ1n) is 13.9. The SMILES string of the molecule is CCCOc1cc(C(=O)O)cc(OCCC)c1-c1cn([C@@H](C)c2ccccn2)c2ncc(-c3c(C)noc3C)cc12. The van der Waals surface area contributed by atoms with E-state index in [1.165, 1.54) is 0 Å². The summed E-state index contributed by atoms with van der Waals surface area (Å²) < 4.78 is 19.9.